The molecular weight excluding hydrogens is 474 g/mol. The number of rotatable bonds is 4. The Labute approximate surface area is 205 Å². The zero-order chi connectivity index (χ0) is 23.7. The van der Waals surface area contributed by atoms with Gasteiger partial charge in [0, 0.05) is 17.8 Å². The van der Waals surface area contributed by atoms with Crippen LogP contribution in [0, 0.1) is 0 Å². The van der Waals surface area contributed by atoms with Crippen LogP contribution in [-0.4, -0.2) is 51.4 Å². The summed E-state index contributed by atoms with van der Waals surface area (Å²) in [5, 5.41) is 3.01. The van der Waals surface area contributed by atoms with E-state index in [9.17, 15) is 9.59 Å². The number of carbonyl (C=O) groups excluding carboxylic acids is 2. The predicted molar refractivity (Wildman–Crippen MR) is 130 cm³/mol. The van der Waals surface area contributed by atoms with Gasteiger partial charge in [0.15, 0.2) is 5.54 Å². The van der Waals surface area contributed by atoms with Crippen LogP contribution in [0.5, 0.6) is 5.75 Å². The molecule has 8 nitrogen and oxygen atoms in total. The highest BCUT2D eigenvalue weighted by molar-refractivity contribution is 8.25. The van der Waals surface area contributed by atoms with Gasteiger partial charge in [-0.1, -0.05) is 24.0 Å². The fourth-order valence-electron chi connectivity index (χ4n) is 5.66. The normalized spacial score (nSPS) is 28.4. The number of furan rings is 2. The summed E-state index contributed by atoms with van der Waals surface area (Å²) in [6.45, 7) is 0.615. The molecule has 3 aromatic rings. The van der Waals surface area contributed by atoms with E-state index in [2.05, 4.69) is 5.32 Å². The summed E-state index contributed by atoms with van der Waals surface area (Å²) in [6, 6.07) is 12.7. The van der Waals surface area contributed by atoms with Crippen molar-refractivity contribution in [3.63, 3.8) is 0 Å². The molecule has 0 saturated carbocycles. The Morgan fingerprint density at radius 1 is 1.21 bits per heavy atom. The number of carbonyl (C=O) groups is 2. The first-order valence-corrected chi connectivity index (χ1v) is 12.0. The number of nitrogens with zero attached hydrogens (tertiary/aromatic N) is 2. The molecule has 6 rings (SSSR count). The first-order valence-electron chi connectivity index (χ1n) is 10.8. The van der Waals surface area contributed by atoms with E-state index >= 15 is 0 Å². The molecule has 0 unspecified atom stereocenters. The third-order valence-corrected chi connectivity index (χ3v) is 9.00. The molecule has 1 aromatic carbocycles. The summed E-state index contributed by atoms with van der Waals surface area (Å²) < 4.78 is 15.9. The van der Waals surface area contributed by atoms with Crippen molar-refractivity contribution < 1.29 is 23.2 Å². The largest absolute Gasteiger partial charge is 0.497 e. The molecule has 1 N–H and O–H groups in total. The average molecular weight is 496 g/mol. The number of fused-ring (bicyclic) bond motifs is 3. The van der Waals surface area contributed by atoms with Crippen molar-refractivity contribution in [2.45, 2.75) is 22.7 Å². The van der Waals surface area contributed by atoms with Crippen LogP contribution in [0.2, 0.25) is 0 Å². The standard InChI is InChI=1S/C24H21N3O5S2/c1-26-13-17(19-6-4-10-32-19)24(21(29)27(22(33)34-24)12-15-5-3-9-31-15)23(26)16-11-14(30-2)7-8-18(16)25-20(23)28/h3-11,17H,12-13H2,1-2H3,(H,25,28)/t17-,23+,24+/m0/s1. The maximum Gasteiger partial charge on any atom is 0.251 e. The molecule has 3 aliphatic rings. The molecule has 5 heterocycles. The molecule has 2 saturated heterocycles. The molecule has 0 aliphatic carbocycles. The molecule has 0 bridgehead atoms. The lowest BCUT2D eigenvalue weighted by Crippen LogP contribution is -2.61. The Hall–Kier alpha value is -3.08. The molecule has 3 atom stereocenters. The van der Waals surface area contributed by atoms with E-state index in [-0.39, 0.29) is 18.4 Å². The van der Waals surface area contributed by atoms with Crippen molar-refractivity contribution in [3.8, 4) is 5.75 Å². The second-order valence-electron chi connectivity index (χ2n) is 8.60. The number of ether oxygens (including phenoxy) is 1. The Morgan fingerprint density at radius 2 is 2.00 bits per heavy atom. The number of thioether (sulfide) groups is 1. The van der Waals surface area contributed by atoms with Crippen LogP contribution >= 0.6 is 24.0 Å². The lowest BCUT2D eigenvalue weighted by molar-refractivity contribution is -0.138. The van der Waals surface area contributed by atoms with Crippen LogP contribution in [0.1, 0.15) is 23.0 Å². The van der Waals surface area contributed by atoms with Gasteiger partial charge < -0.3 is 18.9 Å². The molecule has 2 amide bonds. The predicted octanol–water partition coefficient (Wildman–Crippen LogP) is 3.56. The summed E-state index contributed by atoms with van der Waals surface area (Å²) in [4.78, 5) is 31.9. The van der Waals surface area contributed by atoms with Crippen LogP contribution in [0.15, 0.2) is 63.8 Å². The maximum absolute atomic E-state index is 14.5. The van der Waals surface area contributed by atoms with Gasteiger partial charge in [-0.2, -0.15) is 0 Å². The highest BCUT2D eigenvalue weighted by atomic mass is 32.2. The summed E-state index contributed by atoms with van der Waals surface area (Å²) in [5.41, 5.74) is 0.0238. The molecule has 2 fully saturated rings. The number of hydrogen-bond acceptors (Lipinski definition) is 8. The van der Waals surface area contributed by atoms with E-state index in [1.807, 2.05) is 30.1 Å². The Kier molecular flexibility index (Phi) is 4.71. The van der Waals surface area contributed by atoms with Gasteiger partial charge in [-0.15, -0.1) is 0 Å². The Balaban J connectivity index is 1.59. The lowest BCUT2D eigenvalue weighted by atomic mass is 9.73. The average Bonchev–Trinajstić information content (AvgIpc) is 3.63. The van der Waals surface area contributed by atoms with Crippen molar-refractivity contribution in [2.75, 3.05) is 26.0 Å². The number of hydrogen-bond donors (Lipinski definition) is 1. The van der Waals surface area contributed by atoms with E-state index < -0.39 is 16.2 Å². The van der Waals surface area contributed by atoms with E-state index in [1.165, 1.54) is 11.8 Å². The van der Waals surface area contributed by atoms with Gasteiger partial charge in [0.2, 0.25) is 5.91 Å². The van der Waals surface area contributed by atoms with Crippen LogP contribution in [0.3, 0.4) is 0 Å². The number of amides is 2. The summed E-state index contributed by atoms with van der Waals surface area (Å²) in [5.74, 6) is 0.918. The second kappa shape index (κ2) is 7.46. The molecule has 0 radical (unpaired) electrons. The SMILES string of the molecule is COc1ccc2c(c1)[C@]1(C(=O)N2)N(C)C[C@@H](c2ccco2)[C@]12SC(=S)N(Cc1ccco1)C2=O. The Bertz CT molecular complexity index is 1310. The number of anilines is 1. The van der Waals surface area contributed by atoms with Gasteiger partial charge in [0.25, 0.3) is 5.91 Å². The van der Waals surface area contributed by atoms with Crippen LogP contribution < -0.4 is 10.1 Å². The van der Waals surface area contributed by atoms with E-state index in [4.69, 9.17) is 25.8 Å². The monoisotopic (exact) mass is 495 g/mol. The third-order valence-electron chi connectivity index (χ3n) is 7.06. The third kappa shape index (κ3) is 2.56. The topological polar surface area (TPSA) is 88.2 Å². The van der Waals surface area contributed by atoms with Gasteiger partial charge in [-0.3, -0.25) is 19.4 Å². The number of likely N-dealkylation sites (N-methyl/N-ethyl adjacent to an activating group) is 1. The van der Waals surface area contributed by atoms with E-state index in [0.717, 1.165) is 0 Å². The first kappa shape index (κ1) is 21.5. The quantitative estimate of drug-likeness (QED) is 0.550. The fourth-order valence-corrected chi connectivity index (χ4v) is 7.77. The number of nitrogens with one attached hydrogen (secondary N) is 1. The smallest absolute Gasteiger partial charge is 0.251 e. The summed E-state index contributed by atoms with van der Waals surface area (Å²) >= 11 is 7.01. The molecule has 174 valence electrons. The second-order valence-corrected chi connectivity index (χ2v) is 10.5. The Morgan fingerprint density at radius 3 is 2.71 bits per heavy atom. The molecule has 2 aromatic heterocycles. The van der Waals surface area contributed by atoms with Gasteiger partial charge in [0.05, 0.1) is 32.1 Å². The van der Waals surface area contributed by atoms with E-state index in [0.29, 0.717) is 39.4 Å². The molecule has 3 aliphatic heterocycles. The number of benzene rings is 1. The van der Waals surface area contributed by atoms with Gasteiger partial charge >= 0.3 is 0 Å². The zero-order valence-electron chi connectivity index (χ0n) is 18.4. The van der Waals surface area contributed by atoms with Crippen LogP contribution in [0.4, 0.5) is 5.69 Å². The molecular formula is C24H21N3O5S2. The minimum absolute atomic E-state index is 0.191. The van der Waals surface area contributed by atoms with Crippen molar-refractivity contribution in [2.24, 2.45) is 0 Å². The van der Waals surface area contributed by atoms with Crippen molar-refractivity contribution in [1.29, 1.82) is 0 Å². The fraction of sp³-hybridized carbons (Fsp3) is 0.292. The minimum atomic E-state index is -1.32. The number of methoxy groups -OCH3 is 1. The highest BCUT2D eigenvalue weighted by Gasteiger charge is 2.78. The van der Waals surface area contributed by atoms with E-state index in [1.54, 1.807) is 48.8 Å². The van der Waals surface area contributed by atoms with Gasteiger partial charge in [-0.05, 0) is 49.5 Å². The van der Waals surface area contributed by atoms with Crippen molar-refractivity contribution >= 4 is 45.8 Å². The van der Waals surface area contributed by atoms with Crippen molar-refractivity contribution in [3.05, 3.63) is 72.1 Å². The lowest BCUT2D eigenvalue weighted by Gasteiger charge is -2.41. The number of thiocarbonyl (C=S) groups is 1. The number of likely N-dealkylation sites (tertiary alicyclic amines) is 1. The van der Waals surface area contributed by atoms with Crippen LogP contribution in [-0.2, 0) is 21.7 Å². The molecule has 10 heteroatoms. The molecule has 2 spiro atoms. The summed E-state index contributed by atoms with van der Waals surface area (Å²) in [6.07, 6.45) is 3.15. The van der Waals surface area contributed by atoms with Crippen molar-refractivity contribution in [1.82, 2.24) is 9.80 Å². The van der Waals surface area contributed by atoms with Gasteiger partial charge in [-0.25, -0.2) is 0 Å². The van der Waals surface area contributed by atoms with Crippen LogP contribution in [0.25, 0.3) is 0 Å². The minimum Gasteiger partial charge on any atom is -0.497 e. The first-order chi connectivity index (χ1) is 16.4. The zero-order valence-corrected chi connectivity index (χ0v) is 20.1. The summed E-state index contributed by atoms with van der Waals surface area (Å²) in [7, 11) is 3.44. The van der Waals surface area contributed by atoms with Gasteiger partial charge in [0.1, 0.15) is 26.3 Å². The highest BCUT2D eigenvalue weighted by Crippen LogP contribution is 2.66. The molecule has 34 heavy (non-hydrogen) atoms. The maximum atomic E-state index is 14.5.